The Kier molecular flexibility index (Phi) is 4.89. The van der Waals surface area contributed by atoms with E-state index in [1.165, 1.54) is 0 Å². The lowest BCUT2D eigenvalue weighted by Gasteiger charge is -2.11. The number of nitrogens with zero attached hydrogens (tertiary/aromatic N) is 3. The van der Waals surface area contributed by atoms with E-state index in [4.69, 9.17) is 10.5 Å². The molecule has 0 aliphatic carbocycles. The molecule has 3 aromatic rings. The van der Waals surface area contributed by atoms with Crippen molar-refractivity contribution < 1.29 is 13.2 Å². The van der Waals surface area contributed by atoms with Gasteiger partial charge in [0.05, 0.1) is 17.3 Å². The molecular formula is C16H21N5O3S. The summed E-state index contributed by atoms with van der Waals surface area (Å²) in [6.45, 7) is 3.44. The number of imidazole rings is 1. The SMILES string of the molecule is CCOCc1nc2c(N)nc3ccccc3c2n1CCNS(C)(=O)=O. The van der Waals surface area contributed by atoms with Crippen LogP contribution >= 0.6 is 0 Å². The van der Waals surface area contributed by atoms with Crippen molar-refractivity contribution in [1.82, 2.24) is 19.3 Å². The number of rotatable bonds is 7. The van der Waals surface area contributed by atoms with E-state index in [1.54, 1.807) is 0 Å². The van der Waals surface area contributed by atoms with Crippen LogP contribution in [0.1, 0.15) is 12.7 Å². The van der Waals surface area contributed by atoms with Crippen LogP contribution in [-0.4, -0.2) is 42.4 Å². The average Bonchev–Trinajstić information content (AvgIpc) is 2.91. The number of anilines is 1. The molecule has 0 bridgehead atoms. The van der Waals surface area contributed by atoms with Gasteiger partial charge in [0, 0.05) is 25.1 Å². The molecule has 0 spiro atoms. The molecule has 0 aliphatic rings. The molecule has 0 aliphatic heterocycles. The molecule has 8 nitrogen and oxygen atoms in total. The molecule has 0 saturated heterocycles. The van der Waals surface area contributed by atoms with E-state index in [-0.39, 0.29) is 6.54 Å². The summed E-state index contributed by atoms with van der Waals surface area (Å²) >= 11 is 0. The number of fused-ring (bicyclic) bond motifs is 3. The highest BCUT2D eigenvalue weighted by molar-refractivity contribution is 7.88. The molecular weight excluding hydrogens is 342 g/mol. The van der Waals surface area contributed by atoms with Crippen LogP contribution in [0.3, 0.4) is 0 Å². The van der Waals surface area contributed by atoms with Crippen molar-refractivity contribution in [3.63, 3.8) is 0 Å². The number of pyridine rings is 1. The van der Waals surface area contributed by atoms with Crippen molar-refractivity contribution in [2.45, 2.75) is 20.1 Å². The fourth-order valence-corrected chi connectivity index (χ4v) is 3.25. The van der Waals surface area contributed by atoms with E-state index in [0.29, 0.717) is 36.9 Å². The lowest BCUT2D eigenvalue weighted by Crippen LogP contribution is -2.26. The third-order valence-electron chi connectivity index (χ3n) is 3.82. The van der Waals surface area contributed by atoms with Crippen LogP contribution in [-0.2, 0) is 27.9 Å². The predicted octanol–water partition coefficient (Wildman–Crippen LogP) is 1.25. The predicted molar refractivity (Wildman–Crippen MR) is 97.6 cm³/mol. The zero-order valence-electron chi connectivity index (χ0n) is 14.2. The van der Waals surface area contributed by atoms with E-state index in [1.807, 2.05) is 35.8 Å². The van der Waals surface area contributed by atoms with Crippen molar-refractivity contribution in [1.29, 1.82) is 0 Å². The monoisotopic (exact) mass is 363 g/mol. The number of benzene rings is 1. The van der Waals surface area contributed by atoms with Crippen LogP contribution in [0.4, 0.5) is 5.82 Å². The second-order valence-corrected chi connectivity index (χ2v) is 7.53. The lowest BCUT2D eigenvalue weighted by molar-refractivity contribution is 0.126. The van der Waals surface area contributed by atoms with Crippen LogP contribution < -0.4 is 10.5 Å². The molecule has 0 fully saturated rings. The molecule has 0 atom stereocenters. The van der Waals surface area contributed by atoms with Crippen LogP contribution in [0.15, 0.2) is 24.3 Å². The zero-order valence-corrected chi connectivity index (χ0v) is 15.0. The van der Waals surface area contributed by atoms with Crippen LogP contribution in [0.25, 0.3) is 21.9 Å². The van der Waals surface area contributed by atoms with E-state index in [2.05, 4.69) is 14.7 Å². The van der Waals surface area contributed by atoms with Gasteiger partial charge in [-0.2, -0.15) is 0 Å². The number of hydrogen-bond donors (Lipinski definition) is 2. The smallest absolute Gasteiger partial charge is 0.208 e. The minimum atomic E-state index is -3.26. The van der Waals surface area contributed by atoms with Gasteiger partial charge in [-0.3, -0.25) is 0 Å². The minimum absolute atomic E-state index is 0.250. The molecule has 2 aromatic heterocycles. The minimum Gasteiger partial charge on any atom is -0.382 e. The van der Waals surface area contributed by atoms with Gasteiger partial charge in [0.1, 0.15) is 17.9 Å². The van der Waals surface area contributed by atoms with Gasteiger partial charge in [-0.05, 0) is 13.0 Å². The first-order valence-electron chi connectivity index (χ1n) is 7.96. The number of ether oxygens (including phenoxy) is 1. The quantitative estimate of drug-likeness (QED) is 0.653. The maximum Gasteiger partial charge on any atom is 0.208 e. The number of nitrogen functional groups attached to an aromatic ring is 1. The normalized spacial score (nSPS) is 12.2. The largest absolute Gasteiger partial charge is 0.382 e. The van der Waals surface area contributed by atoms with Gasteiger partial charge >= 0.3 is 0 Å². The Morgan fingerprint density at radius 2 is 2.04 bits per heavy atom. The van der Waals surface area contributed by atoms with E-state index < -0.39 is 10.0 Å². The van der Waals surface area contributed by atoms with Gasteiger partial charge in [0.15, 0.2) is 5.82 Å². The second-order valence-electron chi connectivity index (χ2n) is 5.69. The Morgan fingerprint density at radius 1 is 1.28 bits per heavy atom. The molecule has 0 radical (unpaired) electrons. The fraction of sp³-hybridized carbons (Fsp3) is 0.375. The van der Waals surface area contributed by atoms with Crippen molar-refractivity contribution in [2.75, 3.05) is 25.1 Å². The number of sulfonamides is 1. The van der Waals surface area contributed by atoms with Gasteiger partial charge in [-0.25, -0.2) is 23.1 Å². The molecule has 0 saturated carbocycles. The number of nitrogens with one attached hydrogen (secondary N) is 1. The topological polar surface area (TPSA) is 112 Å². The standard InChI is InChI=1S/C16H21N5O3S/c1-3-24-10-13-20-14-15(21(13)9-8-18-25(2,22)23)11-6-4-5-7-12(11)19-16(14)17/h4-7,18H,3,8-10H2,1-2H3,(H2,17,19). The van der Waals surface area contributed by atoms with Gasteiger partial charge in [-0.15, -0.1) is 0 Å². The van der Waals surface area contributed by atoms with E-state index in [0.717, 1.165) is 22.7 Å². The maximum absolute atomic E-state index is 11.4. The molecule has 3 N–H and O–H groups in total. The Hall–Kier alpha value is -2.23. The van der Waals surface area contributed by atoms with Crippen molar-refractivity contribution >= 4 is 37.8 Å². The Labute approximate surface area is 146 Å². The Bertz CT molecular complexity index is 1010. The molecule has 9 heteroatoms. The van der Waals surface area contributed by atoms with E-state index >= 15 is 0 Å². The number of aromatic nitrogens is 3. The van der Waals surface area contributed by atoms with Crippen LogP contribution in [0, 0.1) is 0 Å². The van der Waals surface area contributed by atoms with Crippen molar-refractivity contribution in [2.24, 2.45) is 0 Å². The maximum atomic E-state index is 11.4. The van der Waals surface area contributed by atoms with Gasteiger partial charge in [-0.1, -0.05) is 18.2 Å². The van der Waals surface area contributed by atoms with Gasteiger partial charge in [0.25, 0.3) is 0 Å². The first-order chi connectivity index (χ1) is 11.9. The van der Waals surface area contributed by atoms with Crippen LogP contribution in [0.5, 0.6) is 0 Å². The highest BCUT2D eigenvalue weighted by Crippen LogP contribution is 2.28. The molecule has 25 heavy (non-hydrogen) atoms. The van der Waals surface area contributed by atoms with Crippen molar-refractivity contribution in [3.8, 4) is 0 Å². The number of para-hydroxylation sites is 1. The molecule has 2 heterocycles. The number of hydrogen-bond acceptors (Lipinski definition) is 6. The lowest BCUT2D eigenvalue weighted by atomic mass is 10.2. The zero-order chi connectivity index (χ0) is 18.0. The summed E-state index contributed by atoms with van der Waals surface area (Å²) in [6, 6.07) is 7.66. The third-order valence-corrected chi connectivity index (χ3v) is 4.55. The van der Waals surface area contributed by atoms with Gasteiger partial charge in [0.2, 0.25) is 10.0 Å². The molecule has 0 amide bonds. The summed E-state index contributed by atoms with van der Waals surface area (Å²) in [5, 5.41) is 0.918. The molecule has 1 aromatic carbocycles. The third kappa shape index (κ3) is 3.73. The molecule has 3 rings (SSSR count). The highest BCUT2D eigenvalue weighted by Gasteiger charge is 2.17. The summed E-state index contributed by atoms with van der Waals surface area (Å²) in [4.78, 5) is 9.00. The second kappa shape index (κ2) is 6.95. The summed E-state index contributed by atoms with van der Waals surface area (Å²) in [6.07, 6.45) is 1.14. The Balaban J connectivity index is 2.14. The first-order valence-corrected chi connectivity index (χ1v) is 9.85. The summed E-state index contributed by atoms with van der Waals surface area (Å²) in [7, 11) is -3.26. The summed E-state index contributed by atoms with van der Waals surface area (Å²) in [5.41, 5.74) is 8.31. The highest BCUT2D eigenvalue weighted by atomic mass is 32.2. The van der Waals surface area contributed by atoms with Gasteiger partial charge < -0.3 is 15.0 Å². The Morgan fingerprint density at radius 3 is 2.76 bits per heavy atom. The first kappa shape index (κ1) is 17.6. The van der Waals surface area contributed by atoms with E-state index in [9.17, 15) is 8.42 Å². The average molecular weight is 363 g/mol. The fourth-order valence-electron chi connectivity index (χ4n) is 2.79. The molecule has 134 valence electrons. The van der Waals surface area contributed by atoms with Crippen molar-refractivity contribution in [3.05, 3.63) is 30.1 Å². The number of nitrogens with two attached hydrogens (primary N) is 1. The van der Waals surface area contributed by atoms with Crippen LogP contribution in [0.2, 0.25) is 0 Å². The molecule has 0 unspecified atom stereocenters. The summed E-state index contributed by atoms with van der Waals surface area (Å²) < 4.78 is 32.7. The summed E-state index contributed by atoms with van der Waals surface area (Å²) in [5.74, 6) is 1.04.